The quantitative estimate of drug-likeness (QED) is 0.318. The maximum absolute atomic E-state index is 10.3. The van der Waals surface area contributed by atoms with E-state index in [1.54, 1.807) is 0 Å². The van der Waals surface area contributed by atoms with E-state index in [2.05, 4.69) is 31.2 Å². The van der Waals surface area contributed by atoms with Gasteiger partial charge in [-0.3, -0.25) is 4.79 Å². The summed E-state index contributed by atoms with van der Waals surface area (Å²) >= 11 is 0. The third-order valence-electron chi connectivity index (χ3n) is 3.34. The van der Waals surface area contributed by atoms with Gasteiger partial charge in [-0.25, -0.2) is 0 Å². The predicted molar refractivity (Wildman–Crippen MR) is 87.0 cm³/mol. The van der Waals surface area contributed by atoms with E-state index in [0.29, 0.717) is 6.42 Å². The molecule has 0 aliphatic rings. The minimum atomic E-state index is -0.668. The molecule has 116 valence electrons. The van der Waals surface area contributed by atoms with Crippen LogP contribution in [0.15, 0.2) is 24.3 Å². The van der Waals surface area contributed by atoms with E-state index in [-0.39, 0.29) is 0 Å². The maximum atomic E-state index is 10.3. The van der Waals surface area contributed by atoms with Crippen LogP contribution in [0.1, 0.15) is 84.0 Å². The Hall–Kier alpha value is -1.05. The SMILES string of the molecule is CCCC/C=C\C/C=C/CCCCCCCCC(=O)O. The third kappa shape index (κ3) is 16.9. The van der Waals surface area contributed by atoms with Gasteiger partial charge in [-0.1, -0.05) is 69.8 Å². The fourth-order valence-corrected chi connectivity index (χ4v) is 2.07. The van der Waals surface area contributed by atoms with Crippen molar-refractivity contribution >= 4 is 5.97 Å². The van der Waals surface area contributed by atoms with Crippen molar-refractivity contribution in [3.05, 3.63) is 24.3 Å². The Morgan fingerprint density at radius 1 is 0.800 bits per heavy atom. The molecule has 0 saturated carbocycles. The average Bonchev–Trinajstić information content (AvgIpc) is 2.43. The Morgan fingerprint density at radius 3 is 1.95 bits per heavy atom. The van der Waals surface area contributed by atoms with Crippen LogP contribution in [-0.4, -0.2) is 11.1 Å². The van der Waals surface area contributed by atoms with E-state index in [0.717, 1.165) is 19.3 Å². The second kappa shape index (κ2) is 16.0. The highest BCUT2D eigenvalue weighted by Gasteiger charge is 1.95. The zero-order valence-electron chi connectivity index (χ0n) is 13.2. The zero-order valence-corrected chi connectivity index (χ0v) is 13.2. The number of hydrogen-bond acceptors (Lipinski definition) is 1. The second-order valence-corrected chi connectivity index (χ2v) is 5.37. The number of carbonyl (C=O) groups is 1. The van der Waals surface area contributed by atoms with Crippen LogP contribution in [0, 0.1) is 0 Å². The summed E-state index contributed by atoms with van der Waals surface area (Å²) in [6.45, 7) is 2.22. The summed E-state index contributed by atoms with van der Waals surface area (Å²) in [6.07, 6.45) is 22.3. The molecule has 0 heterocycles. The van der Waals surface area contributed by atoms with Crippen LogP contribution in [0.4, 0.5) is 0 Å². The number of hydrogen-bond donors (Lipinski definition) is 1. The fraction of sp³-hybridized carbons (Fsp3) is 0.722. The van der Waals surface area contributed by atoms with Gasteiger partial charge in [0, 0.05) is 6.42 Å². The Bertz CT molecular complexity index is 267. The third-order valence-corrected chi connectivity index (χ3v) is 3.34. The lowest BCUT2D eigenvalue weighted by Gasteiger charge is -1.99. The highest BCUT2D eigenvalue weighted by Crippen LogP contribution is 2.09. The number of unbranched alkanes of at least 4 members (excludes halogenated alkanes) is 8. The highest BCUT2D eigenvalue weighted by molar-refractivity contribution is 5.66. The molecule has 0 amide bonds. The molecule has 2 nitrogen and oxygen atoms in total. The molecular weight excluding hydrogens is 248 g/mol. The van der Waals surface area contributed by atoms with Gasteiger partial charge in [0.15, 0.2) is 0 Å². The minimum absolute atomic E-state index is 0.328. The van der Waals surface area contributed by atoms with Crippen molar-refractivity contribution in [3.8, 4) is 0 Å². The Balaban J connectivity index is 3.15. The van der Waals surface area contributed by atoms with E-state index >= 15 is 0 Å². The first kappa shape index (κ1) is 18.9. The summed E-state index contributed by atoms with van der Waals surface area (Å²) in [6, 6.07) is 0. The van der Waals surface area contributed by atoms with E-state index in [4.69, 9.17) is 5.11 Å². The van der Waals surface area contributed by atoms with Gasteiger partial charge in [-0.15, -0.1) is 0 Å². The van der Waals surface area contributed by atoms with Crippen molar-refractivity contribution in [3.63, 3.8) is 0 Å². The molecule has 20 heavy (non-hydrogen) atoms. The second-order valence-electron chi connectivity index (χ2n) is 5.37. The summed E-state index contributed by atoms with van der Waals surface area (Å²) in [4.78, 5) is 10.3. The molecule has 0 fully saturated rings. The normalized spacial score (nSPS) is 11.7. The first-order chi connectivity index (χ1) is 9.77. The van der Waals surface area contributed by atoms with Gasteiger partial charge in [0.25, 0.3) is 0 Å². The lowest BCUT2D eigenvalue weighted by atomic mass is 10.1. The van der Waals surface area contributed by atoms with Crippen molar-refractivity contribution in [2.24, 2.45) is 0 Å². The van der Waals surface area contributed by atoms with Gasteiger partial charge >= 0.3 is 5.97 Å². The molecule has 0 rings (SSSR count). The topological polar surface area (TPSA) is 37.3 Å². The summed E-state index contributed by atoms with van der Waals surface area (Å²) in [5.74, 6) is -0.668. The number of aliphatic carboxylic acids is 1. The predicted octanol–water partition coefficient (Wildman–Crippen LogP) is 5.88. The summed E-state index contributed by atoms with van der Waals surface area (Å²) in [7, 11) is 0. The Labute approximate surface area is 125 Å². The first-order valence-electron chi connectivity index (χ1n) is 8.29. The van der Waals surface area contributed by atoms with Crippen LogP contribution in [0.25, 0.3) is 0 Å². The molecule has 2 heteroatoms. The van der Waals surface area contributed by atoms with Crippen molar-refractivity contribution in [1.29, 1.82) is 0 Å². The van der Waals surface area contributed by atoms with Crippen LogP contribution >= 0.6 is 0 Å². The first-order valence-corrected chi connectivity index (χ1v) is 8.29. The molecule has 1 N–H and O–H groups in total. The van der Waals surface area contributed by atoms with Gasteiger partial charge in [0.2, 0.25) is 0 Å². The number of carboxylic acids is 1. The zero-order chi connectivity index (χ0) is 14.9. The molecule has 0 aromatic carbocycles. The lowest BCUT2D eigenvalue weighted by Crippen LogP contribution is -1.93. The molecule has 0 spiro atoms. The van der Waals surface area contributed by atoms with Crippen LogP contribution in [0.2, 0.25) is 0 Å². The van der Waals surface area contributed by atoms with Crippen LogP contribution in [0.5, 0.6) is 0 Å². The summed E-state index contributed by atoms with van der Waals surface area (Å²) < 4.78 is 0. The Kier molecular flexibility index (Phi) is 15.2. The molecular formula is C18H32O2. The van der Waals surface area contributed by atoms with Gasteiger partial charge in [0.05, 0.1) is 0 Å². The van der Waals surface area contributed by atoms with Gasteiger partial charge in [-0.2, -0.15) is 0 Å². The van der Waals surface area contributed by atoms with Crippen molar-refractivity contribution in [1.82, 2.24) is 0 Å². The van der Waals surface area contributed by atoms with Crippen LogP contribution in [0.3, 0.4) is 0 Å². The monoisotopic (exact) mass is 280 g/mol. The maximum Gasteiger partial charge on any atom is 0.303 e. The number of allylic oxidation sites excluding steroid dienone is 4. The lowest BCUT2D eigenvalue weighted by molar-refractivity contribution is -0.137. The molecule has 0 unspecified atom stereocenters. The molecule has 0 saturated heterocycles. The fourth-order valence-electron chi connectivity index (χ4n) is 2.07. The minimum Gasteiger partial charge on any atom is -0.481 e. The molecule has 0 aliphatic heterocycles. The smallest absolute Gasteiger partial charge is 0.303 e. The van der Waals surface area contributed by atoms with Crippen molar-refractivity contribution in [2.75, 3.05) is 0 Å². The summed E-state index contributed by atoms with van der Waals surface area (Å²) in [5, 5.41) is 8.50. The molecule has 0 aromatic rings. The largest absolute Gasteiger partial charge is 0.481 e. The van der Waals surface area contributed by atoms with E-state index in [1.807, 2.05) is 0 Å². The van der Waals surface area contributed by atoms with E-state index in [9.17, 15) is 4.79 Å². The van der Waals surface area contributed by atoms with Crippen LogP contribution in [-0.2, 0) is 4.79 Å². The van der Waals surface area contributed by atoms with Gasteiger partial charge in [-0.05, 0) is 32.1 Å². The molecule has 0 atom stereocenters. The van der Waals surface area contributed by atoms with Gasteiger partial charge < -0.3 is 5.11 Å². The molecule has 0 aromatic heterocycles. The average molecular weight is 280 g/mol. The van der Waals surface area contributed by atoms with Crippen molar-refractivity contribution in [2.45, 2.75) is 84.0 Å². The van der Waals surface area contributed by atoms with E-state index < -0.39 is 5.97 Å². The van der Waals surface area contributed by atoms with E-state index in [1.165, 1.54) is 51.4 Å². The molecule has 0 radical (unpaired) electrons. The highest BCUT2D eigenvalue weighted by atomic mass is 16.4. The number of rotatable bonds is 14. The molecule has 0 aliphatic carbocycles. The molecule has 0 bridgehead atoms. The van der Waals surface area contributed by atoms with Gasteiger partial charge in [0.1, 0.15) is 0 Å². The number of carboxylic acid groups (broad SMARTS) is 1. The Morgan fingerprint density at radius 2 is 1.35 bits per heavy atom. The van der Waals surface area contributed by atoms with Crippen LogP contribution < -0.4 is 0 Å². The summed E-state index contributed by atoms with van der Waals surface area (Å²) in [5.41, 5.74) is 0. The standard InChI is InChI=1S/C18H32O2/c1-2-3-4-5-6-7-8-9-10-11-12-13-14-15-16-17-18(19)20/h5-6,8-9H,2-4,7,10-17H2,1H3,(H,19,20)/b6-5-,9-8+. The van der Waals surface area contributed by atoms with Crippen molar-refractivity contribution < 1.29 is 9.90 Å².